The molecule has 0 saturated heterocycles. The molecule has 1 amide bonds. The van der Waals surface area contributed by atoms with Crippen LogP contribution >= 0.6 is 0 Å². The van der Waals surface area contributed by atoms with E-state index in [1.807, 2.05) is 0 Å². The van der Waals surface area contributed by atoms with Gasteiger partial charge in [-0.2, -0.15) is 0 Å². The van der Waals surface area contributed by atoms with Gasteiger partial charge < -0.3 is 20.5 Å². The Morgan fingerprint density at radius 1 is 1.04 bits per heavy atom. The zero-order chi connectivity index (χ0) is 19.5. The molecule has 0 aliphatic carbocycles. The molecule has 2 rings (SSSR count). The van der Waals surface area contributed by atoms with Crippen LogP contribution in [0.5, 0.6) is 11.5 Å². The van der Waals surface area contributed by atoms with Crippen molar-refractivity contribution in [1.82, 2.24) is 4.31 Å². The average molecular weight is 379 g/mol. The maximum absolute atomic E-state index is 12.4. The number of hydrogen-bond acceptors (Lipinski definition) is 6. The Kier molecular flexibility index (Phi) is 5.73. The molecular formula is C17H21N3O5S. The molecule has 0 spiro atoms. The van der Waals surface area contributed by atoms with Crippen molar-refractivity contribution in [3.63, 3.8) is 0 Å². The molecule has 0 fully saturated rings. The van der Waals surface area contributed by atoms with Gasteiger partial charge in [0.1, 0.15) is 0 Å². The van der Waals surface area contributed by atoms with Crippen LogP contribution in [-0.2, 0) is 10.0 Å². The quantitative estimate of drug-likeness (QED) is 0.740. The molecule has 8 nitrogen and oxygen atoms in total. The Morgan fingerprint density at radius 3 is 2.08 bits per heavy atom. The van der Waals surface area contributed by atoms with Gasteiger partial charge in [0, 0.05) is 31.8 Å². The van der Waals surface area contributed by atoms with Crippen LogP contribution < -0.4 is 20.5 Å². The summed E-state index contributed by atoms with van der Waals surface area (Å²) in [5.74, 6) is 0.434. The number of nitrogens with one attached hydrogen (secondary N) is 1. The van der Waals surface area contributed by atoms with Gasteiger partial charge in [0.25, 0.3) is 5.91 Å². The lowest BCUT2D eigenvalue weighted by atomic mass is 10.2. The summed E-state index contributed by atoms with van der Waals surface area (Å²) in [6, 6.07) is 8.72. The molecule has 3 N–H and O–H groups in total. The highest BCUT2D eigenvalue weighted by atomic mass is 32.2. The Hall–Kier alpha value is -2.78. The fourth-order valence-electron chi connectivity index (χ4n) is 2.19. The highest BCUT2D eigenvalue weighted by Gasteiger charge is 2.18. The van der Waals surface area contributed by atoms with Crippen molar-refractivity contribution in [2.75, 3.05) is 39.4 Å². The molecule has 0 radical (unpaired) electrons. The second kappa shape index (κ2) is 7.63. The summed E-state index contributed by atoms with van der Waals surface area (Å²) in [4.78, 5) is 12.5. The van der Waals surface area contributed by atoms with Gasteiger partial charge >= 0.3 is 0 Å². The molecule has 9 heteroatoms. The minimum absolute atomic E-state index is 0.102. The standard InChI is InChI=1S/C17H21N3O5S/c1-20(2)26(22,23)12-7-5-11(6-8-12)17(21)19-14-10-16(25-4)15(24-3)9-13(14)18/h5-10H,18H2,1-4H3,(H,19,21). The number of nitrogen functional groups attached to an aromatic ring is 1. The number of hydrogen-bond donors (Lipinski definition) is 2. The van der Waals surface area contributed by atoms with E-state index in [-0.39, 0.29) is 10.5 Å². The molecule has 140 valence electrons. The van der Waals surface area contributed by atoms with Gasteiger partial charge in [-0.15, -0.1) is 0 Å². The predicted molar refractivity (Wildman–Crippen MR) is 99.2 cm³/mol. The summed E-state index contributed by atoms with van der Waals surface area (Å²) in [6.07, 6.45) is 0. The van der Waals surface area contributed by atoms with Gasteiger partial charge in [-0.25, -0.2) is 12.7 Å². The van der Waals surface area contributed by atoms with Crippen LogP contribution in [0.25, 0.3) is 0 Å². The number of amides is 1. The molecule has 0 aliphatic rings. The van der Waals surface area contributed by atoms with Crippen molar-refractivity contribution in [3.05, 3.63) is 42.0 Å². The van der Waals surface area contributed by atoms with Gasteiger partial charge in [-0.1, -0.05) is 0 Å². The SMILES string of the molecule is COc1cc(N)c(NC(=O)c2ccc(S(=O)(=O)N(C)C)cc2)cc1OC. The van der Waals surface area contributed by atoms with Gasteiger partial charge in [-0.05, 0) is 24.3 Å². The van der Waals surface area contributed by atoms with E-state index >= 15 is 0 Å². The Bertz CT molecular complexity index is 909. The minimum atomic E-state index is -3.55. The minimum Gasteiger partial charge on any atom is -0.493 e. The number of benzene rings is 2. The third-order valence-electron chi connectivity index (χ3n) is 3.70. The molecule has 0 aliphatic heterocycles. The summed E-state index contributed by atoms with van der Waals surface area (Å²) >= 11 is 0. The van der Waals surface area contributed by atoms with Crippen molar-refractivity contribution < 1.29 is 22.7 Å². The second-order valence-electron chi connectivity index (χ2n) is 5.56. The van der Waals surface area contributed by atoms with Crippen molar-refractivity contribution in [2.24, 2.45) is 0 Å². The van der Waals surface area contributed by atoms with Gasteiger partial charge in [-0.3, -0.25) is 4.79 Å². The lowest BCUT2D eigenvalue weighted by molar-refractivity contribution is 0.102. The van der Waals surface area contributed by atoms with Crippen LogP contribution in [0.3, 0.4) is 0 Å². The zero-order valence-corrected chi connectivity index (χ0v) is 15.8. The summed E-state index contributed by atoms with van der Waals surface area (Å²) < 4.78 is 35.6. The summed E-state index contributed by atoms with van der Waals surface area (Å²) in [7, 11) is 2.29. The van der Waals surface area contributed by atoms with Crippen LogP contribution in [0.4, 0.5) is 11.4 Å². The first-order valence-corrected chi connectivity index (χ1v) is 9.00. The smallest absolute Gasteiger partial charge is 0.255 e. The Labute approximate surface area is 152 Å². The van der Waals surface area contributed by atoms with Crippen molar-refractivity contribution in [2.45, 2.75) is 4.90 Å². The Balaban J connectivity index is 2.26. The van der Waals surface area contributed by atoms with E-state index in [4.69, 9.17) is 15.2 Å². The number of sulfonamides is 1. The molecule has 2 aromatic rings. The lowest BCUT2D eigenvalue weighted by Crippen LogP contribution is -2.22. The van der Waals surface area contributed by atoms with E-state index in [9.17, 15) is 13.2 Å². The van der Waals surface area contributed by atoms with Gasteiger partial charge in [0.2, 0.25) is 10.0 Å². The summed E-state index contributed by atoms with van der Waals surface area (Å²) in [5.41, 5.74) is 6.88. The second-order valence-corrected chi connectivity index (χ2v) is 7.71. The number of nitrogens with zero attached hydrogens (tertiary/aromatic N) is 1. The van der Waals surface area contributed by atoms with Gasteiger partial charge in [0.05, 0.1) is 30.5 Å². The number of methoxy groups -OCH3 is 2. The topological polar surface area (TPSA) is 111 Å². The number of carbonyl (C=O) groups excluding carboxylic acids is 1. The van der Waals surface area contributed by atoms with Crippen molar-refractivity contribution in [1.29, 1.82) is 0 Å². The number of anilines is 2. The number of ether oxygens (including phenoxy) is 2. The van der Waals surface area contributed by atoms with Gasteiger partial charge in [0.15, 0.2) is 11.5 Å². The maximum Gasteiger partial charge on any atom is 0.255 e. The maximum atomic E-state index is 12.4. The van der Waals surface area contributed by atoms with Crippen LogP contribution in [-0.4, -0.2) is 46.9 Å². The fraction of sp³-hybridized carbons (Fsp3) is 0.235. The van der Waals surface area contributed by atoms with E-state index < -0.39 is 15.9 Å². The van der Waals surface area contributed by atoms with E-state index in [0.29, 0.717) is 22.9 Å². The van der Waals surface area contributed by atoms with E-state index in [0.717, 1.165) is 4.31 Å². The highest BCUT2D eigenvalue weighted by molar-refractivity contribution is 7.89. The first-order valence-electron chi connectivity index (χ1n) is 7.56. The molecule has 0 saturated carbocycles. The first-order chi connectivity index (χ1) is 12.2. The molecular weight excluding hydrogens is 358 g/mol. The third-order valence-corrected chi connectivity index (χ3v) is 5.53. The molecule has 26 heavy (non-hydrogen) atoms. The van der Waals surface area contributed by atoms with Crippen LogP contribution in [0.15, 0.2) is 41.3 Å². The van der Waals surface area contributed by atoms with Crippen molar-refractivity contribution >= 4 is 27.3 Å². The number of carbonyl (C=O) groups is 1. The highest BCUT2D eigenvalue weighted by Crippen LogP contribution is 2.35. The third kappa shape index (κ3) is 3.89. The van der Waals surface area contributed by atoms with E-state index in [1.165, 1.54) is 52.6 Å². The van der Waals surface area contributed by atoms with Crippen molar-refractivity contribution in [3.8, 4) is 11.5 Å². The van der Waals surface area contributed by atoms with Crippen LogP contribution in [0.1, 0.15) is 10.4 Å². The largest absolute Gasteiger partial charge is 0.493 e. The summed E-state index contributed by atoms with van der Waals surface area (Å²) in [5, 5.41) is 2.67. The van der Waals surface area contributed by atoms with E-state index in [1.54, 1.807) is 12.1 Å². The molecule has 0 atom stereocenters. The first kappa shape index (κ1) is 19.5. The monoisotopic (exact) mass is 379 g/mol. The van der Waals surface area contributed by atoms with Crippen LogP contribution in [0, 0.1) is 0 Å². The molecule has 0 bridgehead atoms. The molecule has 2 aromatic carbocycles. The lowest BCUT2D eigenvalue weighted by Gasteiger charge is -2.14. The van der Waals surface area contributed by atoms with Crippen LogP contribution in [0.2, 0.25) is 0 Å². The average Bonchev–Trinajstić information content (AvgIpc) is 2.62. The summed E-state index contributed by atoms with van der Waals surface area (Å²) in [6.45, 7) is 0. The normalized spacial score (nSPS) is 11.3. The number of rotatable bonds is 6. The molecule has 0 aromatic heterocycles. The molecule has 0 unspecified atom stereocenters. The zero-order valence-electron chi connectivity index (χ0n) is 14.9. The fourth-order valence-corrected chi connectivity index (χ4v) is 3.09. The number of nitrogens with two attached hydrogens (primary N) is 1. The van der Waals surface area contributed by atoms with E-state index in [2.05, 4.69) is 5.32 Å². The predicted octanol–water partition coefficient (Wildman–Crippen LogP) is 1.79. The Morgan fingerprint density at radius 2 is 1.58 bits per heavy atom. The molecule has 0 heterocycles.